The molecule has 4 aromatic rings. The van der Waals surface area contributed by atoms with Gasteiger partial charge in [0.25, 0.3) is 0 Å². The number of aromatic nitrogens is 4. The Kier molecular flexibility index (Phi) is 5.86. The molecule has 3 heterocycles. The molecule has 1 fully saturated rings. The van der Waals surface area contributed by atoms with Crippen molar-refractivity contribution in [3.05, 3.63) is 65.9 Å². The molecule has 2 aromatic carbocycles. The zero-order valence-electron chi connectivity index (χ0n) is 18.6. The van der Waals surface area contributed by atoms with Crippen molar-refractivity contribution in [1.29, 1.82) is 0 Å². The second-order valence-electron chi connectivity index (χ2n) is 8.05. The Bertz CT molecular complexity index is 1270. The first-order chi connectivity index (χ1) is 16.2. The number of H-pyrrole nitrogens is 1. The fourth-order valence-corrected chi connectivity index (χ4v) is 3.75. The number of nitrogens with zero attached hydrogens (tertiary/aromatic N) is 5. The maximum absolute atomic E-state index is 5.57. The molecular formula is C24H26N8O. The van der Waals surface area contributed by atoms with Gasteiger partial charge in [0, 0.05) is 34.9 Å². The van der Waals surface area contributed by atoms with Crippen molar-refractivity contribution in [2.24, 2.45) is 5.10 Å². The van der Waals surface area contributed by atoms with E-state index in [9.17, 15) is 0 Å². The summed E-state index contributed by atoms with van der Waals surface area (Å²) < 4.78 is 5.57. The lowest BCUT2D eigenvalue weighted by molar-refractivity contribution is 0.0981. The SMILES string of the molecule is Cc1ccc(Nc2nc(N/N=C/c3c[nH]c4ccccc34)nc(N3CCOCC3C)n2)cc1. The zero-order valence-corrected chi connectivity index (χ0v) is 18.6. The second-order valence-corrected chi connectivity index (χ2v) is 8.05. The van der Waals surface area contributed by atoms with Crippen LogP contribution in [0.3, 0.4) is 0 Å². The smallest absolute Gasteiger partial charge is 0.250 e. The number of nitrogens with one attached hydrogen (secondary N) is 3. The van der Waals surface area contributed by atoms with Gasteiger partial charge in [-0.15, -0.1) is 0 Å². The van der Waals surface area contributed by atoms with Crippen molar-refractivity contribution in [2.75, 3.05) is 35.4 Å². The quantitative estimate of drug-likeness (QED) is 0.305. The van der Waals surface area contributed by atoms with Crippen molar-refractivity contribution in [3.8, 4) is 0 Å². The summed E-state index contributed by atoms with van der Waals surface area (Å²) >= 11 is 0. The first-order valence-corrected chi connectivity index (χ1v) is 10.9. The van der Waals surface area contributed by atoms with Gasteiger partial charge in [-0.25, -0.2) is 5.43 Å². The largest absolute Gasteiger partial charge is 0.377 e. The summed E-state index contributed by atoms with van der Waals surface area (Å²) in [5, 5.41) is 8.76. The molecule has 168 valence electrons. The van der Waals surface area contributed by atoms with Crippen LogP contribution in [-0.2, 0) is 4.74 Å². The van der Waals surface area contributed by atoms with E-state index in [1.807, 2.05) is 48.7 Å². The fraction of sp³-hybridized carbons (Fsp3) is 0.250. The minimum absolute atomic E-state index is 0.163. The molecule has 1 aliphatic heterocycles. The molecule has 0 radical (unpaired) electrons. The maximum atomic E-state index is 5.57. The van der Waals surface area contributed by atoms with E-state index in [0.717, 1.165) is 22.2 Å². The number of aromatic amines is 1. The molecule has 0 spiro atoms. The van der Waals surface area contributed by atoms with Crippen molar-refractivity contribution < 1.29 is 4.74 Å². The summed E-state index contributed by atoms with van der Waals surface area (Å²) in [6.45, 7) is 6.13. The zero-order chi connectivity index (χ0) is 22.6. The number of benzene rings is 2. The lowest BCUT2D eigenvalue weighted by atomic mass is 10.2. The van der Waals surface area contributed by atoms with E-state index in [-0.39, 0.29) is 6.04 Å². The van der Waals surface area contributed by atoms with Crippen LogP contribution in [0, 0.1) is 6.92 Å². The minimum atomic E-state index is 0.163. The van der Waals surface area contributed by atoms with Crippen molar-refractivity contribution in [2.45, 2.75) is 19.9 Å². The summed E-state index contributed by atoms with van der Waals surface area (Å²) in [5.41, 5.74) is 7.11. The number of hydrogen-bond acceptors (Lipinski definition) is 8. The molecule has 0 amide bonds. The Labute approximate surface area is 191 Å². The Balaban J connectivity index is 1.42. The molecule has 0 bridgehead atoms. The maximum Gasteiger partial charge on any atom is 0.250 e. The molecule has 0 aliphatic carbocycles. The first-order valence-electron chi connectivity index (χ1n) is 10.9. The van der Waals surface area contributed by atoms with Gasteiger partial charge in [-0.1, -0.05) is 35.9 Å². The highest BCUT2D eigenvalue weighted by Gasteiger charge is 2.23. The summed E-state index contributed by atoms with van der Waals surface area (Å²) in [5.74, 6) is 1.40. The van der Waals surface area contributed by atoms with Crippen LogP contribution >= 0.6 is 0 Å². The van der Waals surface area contributed by atoms with Crippen LogP contribution in [-0.4, -0.2) is 52.0 Å². The lowest BCUT2D eigenvalue weighted by Gasteiger charge is -2.33. The highest BCUT2D eigenvalue weighted by atomic mass is 16.5. The van der Waals surface area contributed by atoms with Gasteiger partial charge in [-0.2, -0.15) is 20.1 Å². The van der Waals surface area contributed by atoms with Crippen molar-refractivity contribution in [3.63, 3.8) is 0 Å². The molecule has 0 saturated carbocycles. The van der Waals surface area contributed by atoms with Gasteiger partial charge in [-0.3, -0.25) is 0 Å². The highest BCUT2D eigenvalue weighted by Crippen LogP contribution is 2.21. The van der Waals surface area contributed by atoms with Crippen LogP contribution in [0.1, 0.15) is 18.1 Å². The van der Waals surface area contributed by atoms with E-state index in [2.05, 4.69) is 60.6 Å². The van der Waals surface area contributed by atoms with E-state index in [4.69, 9.17) is 4.74 Å². The predicted molar refractivity (Wildman–Crippen MR) is 131 cm³/mol. The number of ether oxygens (including phenoxy) is 1. The number of hydrazone groups is 1. The van der Waals surface area contributed by atoms with Gasteiger partial charge in [0.15, 0.2) is 0 Å². The van der Waals surface area contributed by atoms with E-state index in [0.29, 0.717) is 37.6 Å². The molecule has 1 unspecified atom stereocenters. The van der Waals surface area contributed by atoms with Gasteiger partial charge >= 0.3 is 0 Å². The molecule has 5 rings (SSSR count). The van der Waals surface area contributed by atoms with E-state index in [1.165, 1.54) is 5.56 Å². The monoisotopic (exact) mass is 442 g/mol. The van der Waals surface area contributed by atoms with Crippen LogP contribution < -0.4 is 15.6 Å². The minimum Gasteiger partial charge on any atom is -0.377 e. The van der Waals surface area contributed by atoms with Crippen molar-refractivity contribution in [1.82, 2.24) is 19.9 Å². The first kappa shape index (κ1) is 20.9. The molecule has 33 heavy (non-hydrogen) atoms. The second kappa shape index (κ2) is 9.25. The number of para-hydroxylation sites is 1. The molecule has 3 N–H and O–H groups in total. The van der Waals surface area contributed by atoms with Gasteiger partial charge in [0.05, 0.1) is 25.5 Å². The standard InChI is InChI=1S/C24H26N8O/c1-16-7-9-19(10-8-16)27-22-28-23(30-24(29-22)32-11-12-33-15-17(32)2)31-26-14-18-13-25-21-6-4-3-5-20(18)21/h3-10,13-14,17,25H,11-12,15H2,1-2H3,(H2,27,28,29,30,31)/b26-14+. The van der Waals surface area contributed by atoms with Crippen LogP contribution in [0.4, 0.5) is 23.5 Å². The lowest BCUT2D eigenvalue weighted by Crippen LogP contribution is -2.44. The topological polar surface area (TPSA) is 103 Å². The Morgan fingerprint density at radius 3 is 2.76 bits per heavy atom. The van der Waals surface area contributed by atoms with E-state index < -0.39 is 0 Å². The molecule has 2 aromatic heterocycles. The number of hydrogen-bond donors (Lipinski definition) is 3. The van der Waals surface area contributed by atoms with Crippen molar-refractivity contribution >= 4 is 40.6 Å². The summed E-state index contributed by atoms with van der Waals surface area (Å²) in [4.78, 5) is 19.2. The Morgan fingerprint density at radius 2 is 1.91 bits per heavy atom. The van der Waals surface area contributed by atoms with Gasteiger partial charge < -0.3 is 19.9 Å². The Hall–Kier alpha value is -3.98. The van der Waals surface area contributed by atoms with Crippen LogP contribution in [0.15, 0.2) is 59.8 Å². The van der Waals surface area contributed by atoms with E-state index in [1.54, 1.807) is 6.21 Å². The van der Waals surface area contributed by atoms with Gasteiger partial charge in [0.2, 0.25) is 17.8 Å². The molecule has 9 heteroatoms. The third kappa shape index (κ3) is 4.78. The highest BCUT2D eigenvalue weighted by molar-refractivity contribution is 5.99. The number of fused-ring (bicyclic) bond motifs is 1. The van der Waals surface area contributed by atoms with Gasteiger partial charge in [0.1, 0.15) is 0 Å². The average Bonchev–Trinajstić information content (AvgIpc) is 3.24. The molecule has 1 atom stereocenters. The summed E-state index contributed by atoms with van der Waals surface area (Å²) in [6, 6.07) is 16.3. The predicted octanol–water partition coefficient (Wildman–Crippen LogP) is 4.08. The number of morpholine rings is 1. The van der Waals surface area contributed by atoms with E-state index >= 15 is 0 Å². The fourth-order valence-electron chi connectivity index (χ4n) is 3.75. The van der Waals surface area contributed by atoms with Crippen LogP contribution in [0.25, 0.3) is 10.9 Å². The molecular weight excluding hydrogens is 416 g/mol. The van der Waals surface area contributed by atoms with Crippen LogP contribution in [0.2, 0.25) is 0 Å². The molecule has 9 nitrogen and oxygen atoms in total. The number of aryl methyl sites for hydroxylation is 1. The van der Waals surface area contributed by atoms with Crippen LogP contribution in [0.5, 0.6) is 0 Å². The third-order valence-corrected chi connectivity index (χ3v) is 5.55. The average molecular weight is 443 g/mol. The summed E-state index contributed by atoms with van der Waals surface area (Å²) in [6.07, 6.45) is 3.68. The third-order valence-electron chi connectivity index (χ3n) is 5.55. The normalized spacial score (nSPS) is 16.4. The Morgan fingerprint density at radius 1 is 1.09 bits per heavy atom. The number of rotatable bonds is 6. The summed E-state index contributed by atoms with van der Waals surface area (Å²) in [7, 11) is 0. The number of anilines is 4. The molecule has 1 saturated heterocycles. The molecule has 1 aliphatic rings. The van der Waals surface area contributed by atoms with Gasteiger partial charge in [-0.05, 0) is 32.0 Å².